The Morgan fingerprint density at radius 2 is 0.855 bits per heavy atom. The molecule has 0 aromatic heterocycles. The average molecular weight is 868 g/mol. The third kappa shape index (κ3) is 44.2. The van der Waals surface area contributed by atoms with Crippen molar-refractivity contribution in [1.82, 2.24) is 5.32 Å². The van der Waals surface area contributed by atoms with Crippen LogP contribution in [0.4, 0.5) is 0 Å². The molecule has 0 aliphatic rings. The van der Waals surface area contributed by atoms with Crippen LogP contribution in [0, 0.1) is 0 Å². The molecule has 0 heterocycles. The van der Waals surface area contributed by atoms with Crippen LogP contribution in [0.5, 0.6) is 0 Å². The van der Waals surface area contributed by atoms with Crippen LogP contribution in [-0.2, 0) is 14.3 Å². The molecule has 6 nitrogen and oxygen atoms in total. The lowest BCUT2D eigenvalue weighted by molar-refractivity contribution is -0.150. The number of rotatable bonds is 47. The summed E-state index contributed by atoms with van der Waals surface area (Å²) >= 11 is 0. The first kappa shape index (κ1) is 59.6. The van der Waals surface area contributed by atoms with E-state index in [9.17, 15) is 19.8 Å². The number of amides is 1. The largest absolute Gasteiger partial charge is 0.461 e. The van der Waals surface area contributed by atoms with Gasteiger partial charge in [0.1, 0.15) is 6.10 Å². The van der Waals surface area contributed by atoms with E-state index in [4.69, 9.17) is 4.74 Å². The first-order valence-electron chi connectivity index (χ1n) is 26.5. The number of aliphatic hydroxyl groups excluding tert-OH is 2. The van der Waals surface area contributed by atoms with Crippen molar-refractivity contribution < 1.29 is 24.5 Å². The highest BCUT2D eigenvalue weighted by atomic mass is 16.5. The number of ether oxygens (including phenoxy) is 1. The van der Waals surface area contributed by atoms with Gasteiger partial charge < -0.3 is 20.3 Å². The van der Waals surface area contributed by atoms with Gasteiger partial charge in [-0.15, -0.1) is 0 Å². The molecule has 6 heteroatoms. The highest BCUT2D eigenvalue weighted by Crippen LogP contribution is 2.16. The number of hydrogen-bond donors (Lipinski definition) is 3. The van der Waals surface area contributed by atoms with Gasteiger partial charge >= 0.3 is 5.97 Å². The number of aliphatic hydroxyl groups is 2. The van der Waals surface area contributed by atoms with Crippen LogP contribution in [0.1, 0.15) is 258 Å². The standard InChI is InChI=1S/C56H101NO5/c1-4-7-10-13-16-19-22-25-27-29-31-34-37-40-43-46-49-56(61)62-52(47-44-41-38-35-32-30-28-26-23-20-17-14-11-8-5-2)50-55(60)57-53(51-58)54(59)48-45-42-39-36-33-24-21-18-15-12-9-6-3/h17,20,26-29,32,35,41,44,52-54,58-59H,4-16,18-19,21-25,30-31,33-34,36-40,42-43,45-51H2,1-3H3,(H,57,60)/b20-17-,28-26-,29-27+,35-32-,44-41-. The Morgan fingerprint density at radius 3 is 1.34 bits per heavy atom. The predicted octanol–water partition coefficient (Wildman–Crippen LogP) is 16.0. The molecular formula is C56H101NO5. The number of unbranched alkanes of at least 4 members (excludes halogenated alkanes) is 26. The fourth-order valence-corrected chi connectivity index (χ4v) is 7.76. The SMILES string of the molecule is CCCCC/C=C\C/C=C\C/C=C\C/C=C\CC(CC(=O)NC(CO)C(O)CCCCCCCCCCCCCC)OC(=O)CCCCCCC/C=C/CCCCCCCCC. The third-order valence-corrected chi connectivity index (χ3v) is 11.8. The van der Waals surface area contributed by atoms with Crippen molar-refractivity contribution in [3.05, 3.63) is 60.8 Å². The number of carbonyl (C=O) groups is 2. The summed E-state index contributed by atoms with van der Waals surface area (Å²) < 4.78 is 5.87. The van der Waals surface area contributed by atoms with Crippen molar-refractivity contribution >= 4 is 11.9 Å². The van der Waals surface area contributed by atoms with Crippen LogP contribution in [0.25, 0.3) is 0 Å². The second kappa shape index (κ2) is 49.6. The molecule has 3 N–H and O–H groups in total. The van der Waals surface area contributed by atoms with E-state index in [2.05, 4.69) is 80.8 Å². The molecule has 1 amide bonds. The summed E-state index contributed by atoms with van der Waals surface area (Å²) in [6.07, 6.45) is 61.5. The summed E-state index contributed by atoms with van der Waals surface area (Å²) in [7, 11) is 0. The van der Waals surface area contributed by atoms with Gasteiger partial charge in [0.05, 0.1) is 25.2 Å². The molecule has 0 rings (SSSR count). The maximum Gasteiger partial charge on any atom is 0.306 e. The Hall–Kier alpha value is -2.44. The highest BCUT2D eigenvalue weighted by molar-refractivity contribution is 5.77. The maximum absolute atomic E-state index is 13.2. The van der Waals surface area contributed by atoms with Crippen molar-refractivity contribution in [2.45, 2.75) is 277 Å². The molecule has 0 radical (unpaired) electrons. The van der Waals surface area contributed by atoms with Gasteiger partial charge in [-0.25, -0.2) is 0 Å². The summed E-state index contributed by atoms with van der Waals surface area (Å²) in [6, 6.07) is -0.733. The fourth-order valence-electron chi connectivity index (χ4n) is 7.76. The molecule has 0 aliphatic heterocycles. The van der Waals surface area contributed by atoms with Crippen molar-refractivity contribution in [2.75, 3.05) is 6.61 Å². The monoisotopic (exact) mass is 868 g/mol. The Labute approximate surface area is 384 Å². The van der Waals surface area contributed by atoms with Crippen molar-refractivity contribution in [3.63, 3.8) is 0 Å². The second-order valence-electron chi connectivity index (χ2n) is 17.9. The second-order valence-corrected chi connectivity index (χ2v) is 17.9. The molecule has 0 spiro atoms. The average Bonchev–Trinajstić information content (AvgIpc) is 3.26. The molecule has 0 aliphatic carbocycles. The van der Waals surface area contributed by atoms with Crippen LogP contribution in [0.2, 0.25) is 0 Å². The van der Waals surface area contributed by atoms with Crippen molar-refractivity contribution in [1.29, 1.82) is 0 Å². The lowest BCUT2D eigenvalue weighted by atomic mass is 10.0. The van der Waals surface area contributed by atoms with Gasteiger partial charge in [-0.1, -0.05) is 229 Å². The Kier molecular flexibility index (Phi) is 47.6. The zero-order valence-electron chi connectivity index (χ0n) is 41.0. The number of hydrogen-bond acceptors (Lipinski definition) is 5. The van der Waals surface area contributed by atoms with Gasteiger partial charge in [0, 0.05) is 12.8 Å². The zero-order valence-corrected chi connectivity index (χ0v) is 41.0. The molecule has 62 heavy (non-hydrogen) atoms. The molecular weight excluding hydrogens is 767 g/mol. The van der Waals surface area contributed by atoms with Crippen molar-refractivity contribution in [2.24, 2.45) is 0 Å². The normalized spacial score (nSPS) is 13.7. The topological polar surface area (TPSA) is 95.9 Å². The molecule has 3 unspecified atom stereocenters. The van der Waals surface area contributed by atoms with Crippen LogP contribution in [0.3, 0.4) is 0 Å². The van der Waals surface area contributed by atoms with E-state index in [-0.39, 0.29) is 24.9 Å². The molecule has 3 atom stereocenters. The smallest absolute Gasteiger partial charge is 0.306 e. The minimum absolute atomic E-state index is 0.00192. The summed E-state index contributed by atoms with van der Waals surface area (Å²) in [5, 5.41) is 23.7. The van der Waals surface area contributed by atoms with E-state index in [1.807, 2.05) is 6.08 Å². The van der Waals surface area contributed by atoms with E-state index < -0.39 is 18.2 Å². The molecule has 0 fully saturated rings. The first-order chi connectivity index (χ1) is 30.5. The van der Waals surface area contributed by atoms with E-state index in [1.165, 1.54) is 148 Å². The number of allylic oxidation sites excluding steroid dienone is 9. The molecule has 0 aromatic carbocycles. The summed E-state index contributed by atoms with van der Waals surface area (Å²) in [4.78, 5) is 26.1. The number of nitrogens with one attached hydrogen (secondary N) is 1. The van der Waals surface area contributed by atoms with E-state index in [0.29, 0.717) is 19.3 Å². The van der Waals surface area contributed by atoms with Gasteiger partial charge in [0.25, 0.3) is 0 Å². The van der Waals surface area contributed by atoms with E-state index in [0.717, 1.165) is 64.2 Å². The Balaban J connectivity index is 4.71. The molecule has 0 saturated carbocycles. The predicted molar refractivity (Wildman–Crippen MR) is 268 cm³/mol. The molecule has 0 bridgehead atoms. The minimum atomic E-state index is -0.812. The summed E-state index contributed by atoms with van der Waals surface area (Å²) in [5.41, 5.74) is 0. The fraction of sp³-hybridized carbons (Fsp3) is 0.786. The number of carbonyl (C=O) groups excluding carboxylic acids is 2. The van der Waals surface area contributed by atoms with Crippen LogP contribution < -0.4 is 5.32 Å². The Morgan fingerprint density at radius 1 is 0.484 bits per heavy atom. The number of esters is 1. The lowest BCUT2D eigenvalue weighted by Gasteiger charge is -2.24. The summed E-state index contributed by atoms with van der Waals surface area (Å²) in [5.74, 6) is -0.583. The molecule has 0 aromatic rings. The van der Waals surface area contributed by atoms with Crippen molar-refractivity contribution in [3.8, 4) is 0 Å². The Bertz CT molecular complexity index is 1110. The van der Waals surface area contributed by atoms with Crippen LogP contribution in [0.15, 0.2) is 60.8 Å². The highest BCUT2D eigenvalue weighted by Gasteiger charge is 2.23. The quantitative estimate of drug-likeness (QED) is 0.0322. The zero-order chi connectivity index (χ0) is 45.2. The minimum Gasteiger partial charge on any atom is -0.461 e. The van der Waals surface area contributed by atoms with Gasteiger partial charge in [-0.2, -0.15) is 0 Å². The van der Waals surface area contributed by atoms with Gasteiger partial charge in [-0.05, 0) is 70.6 Å². The maximum atomic E-state index is 13.2. The van der Waals surface area contributed by atoms with Gasteiger partial charge in [0.2, 0.25) is 5.91 Å². The summed E-state index contributed by atoms with van der Waals surface area (Å²) in [6.45, 7) is 6.43. The van der Waals surface area contributed by atoms with E-state index in [1.54, 1.807) is 0 Å². The van der Waals surface area contributed by atoms with Gasteiger partial charge in [0.15, 0.2) is 0 Å². The lowest BCUT2D eigenvalue weighted by Crippen LogP contribution is -2.46. The van der Waals surface area contributed by atoms with Crippen LogP contribution >= 0.6 is 0 Å². The first-order valence-corrected chi connectivity index (χ1v) is 26.5. The molecule has 360 valence electrons. The van der Waals surface area contributed by atoms with Crippen LogP contribution in [-0.4, -0.2) is 46.9 Å². The van der Waals surface area contributed by atoms with E-state index >= 15 is 0 Å². The third-order valence-electron chi connectivity index (χ3n) is 11.8. The molecule has 0 saturated heterocycles. The van der Waals surface area contributed by atoms with Gasteiger partial charge in [-0.3, -0.25) is 9.59 Å².